The van der Waals surface area contributed by atoms with E-state index in [1.807, 2.05) is 19.2 Å². The first-order valence-electron chi connectivity index (χ1n) is 20.6. The number of hydrazine groups is 1. The number of carbonyl (C=O) groups is 3. The topological polar surface area (TPSA) is 136 Å². The van der Waals surface area contributed by atoms with Gasteiger partial charge in [-0.2, -0.15) is 0 Å². The molecule has 2 N–H and O–H groups in total. The third-order valence-electron chi connectivity index (χ3n) is 12.1. The molecule has 7 atom stereocenters. The number of hydrogen-bond acceptors (Lipinski definition) is 10. The lowest BCUT2D eigenvalue weighted by Crippen LogP contribution is -2.60. The summed E-state index contributed by atoms with van der Waals surface area (Å²) in [6, 6.07) is 9.10. The molecule has 57 heavy (non-hydrogen) atoms. The Hall–Kier alpha value is -3.78. The number of hydrogen-bond donors (Lipinski definition) is 2. The highest BCUT2D eigenvalue weighted by molar-refractivity contribution is 8.14. The number of aliphatic imine (C=N–C) groups is 1. The van der Waals surface area contributed by atoms with Crippen molar-refractivity contribution in [2.24, 2.45) is 28.2 Å². The Labute approximate surface area is 341 Å². The predicted molar refractivity (Wildman–Crippen MR) is 224 cm³/mol. The molecule has 2 amide bonds. The van der Waals surface area contributed by atoms with Crippen LogP contribution in [0.5, 0.6) is 0 Å². The molecule has 0 spiro atoms. The van der Waals surface area contributed by atoms with E-state index in [9.17, 15) is 14.4 Å². The van der Waals surface area contributed by atoms with Crippen molar-refractivity contribution in [3.63, 3.8) is 0 Å². The summed E-state index contributed by atoms with van der Waals surface area (Å²) in [5.74, 6) is 0.395. The molecule has 13 heteroatoms. The number of benzene rings is 1. The fraction of sp³-hybridized carbons (Fsp3) is 0.614. The van der Waals surface area contributed by atoms with Crippen molar-refractivity contribution in [2.45, 2.75) is 117 Å². The molecule has 6 bridgehead atoms. The van der Waals surface area contributed by atoms with E-state index >= 15 is 0 Å². The van der Waals surface area contributed by atoms with E-state index in [0.29, 0.717) is 39.0 Å². The summed E-state index contributed by atoms with van der Waals surface area (Å²) in [6.07, 6.45) is 3.62. The van der Waals surface area contributed by atoms with Crippen molar-refractivity contribution in [2.75, 3.05) is 32.6 Å². The van der Waals surface area contributed by atoms with Crippen LogP contribution in [0.3, 0.4) is 0 Å². The van der Waals surface area contributed by atoms with Gasteiger partial charge in [0.25, 0.3) is 5.91 Å². The Morgan fingerprint density at radius 3 is 2.67 bits per heavy atom. The molecule has 1 saturated carbocycles. The van der Waals surface area contributed by atoms with Gasteiger partial charge in [0.15, 0.2) is 0 Å². The Kier molecular flexibility index (Phi) is 12.0. The van der Waals surface area contributed by atoms with Crippen molar-refractivity contribution < 1.29 is 28.6 Å². The Morgan fingerprint density at radius 1 is 1.18 bits per heavy atom. The third-order valence-corrected chi connectivity index (χ3v) is 13.2. The minimum atomic E-state index is -0.813. The molecule has 3 aromatic rings. The van der Waals surface area contributed by atoms with Gasteiger partial charge in [-0.25, -0.2) is 5.43 Å². The van der Waals surface area contributed by atoms with Crippen LogP contribution in [0.1, 0.15) is 104 Å². The second-order valence-corrected chi connectivity index (χ2v) is 19.2. The summed E-state index contributed by atoms with van der Waals surface area (Å²) in [5.41, 5.74) is 8.56. The number of ether oxygens (including phenoxy) is 3. The zero-order valence-corrected chi connectivity index (χ0v) is 35.8. The standard InChI is InChI=1S/C44H60N6O6S/c1-25-26(2)37(25)40(51)47-33-21-36-46-34(23-57-36)28-14-15-35-30(20-28)31(22-44(7,8)24-55-42(53)32-13-11-17-50(48-32)41(33)52)39(49(35)18-19-56-43(4,5)6)29-12-10-16-45-38(29)27(3)54-9/h10,12,14-16,20,25-27,32-34,37,48H,11,13,17-19,21-24H2,1-9H3,(H,47,51)/t25-,26+,27-,32-,33-,34?,37+/m0/s1. The van der Waals surface area contributed by atoms with Crippen molar-refractivity contribution in [3.8, 4) is 11.3 Å². The molecule has 1 aromatic carbocycles. The summed E-state index contributed by atoms with van der Waals surface area (Å²) >= 11 is 1.64. The number of cyclic esters (lactones) is 1. The van der Waals surface area contributed by atoms with E-state index in [4.69, 9.17) is 24.2 Å². The summed E-state index contributed by atoms with van der Waals surface area (Å²) in [4.78, 5) is 51.5. The maximum atomic E-state index is 14.2. The summed E-state index contributed by atoms with van der Waals surface area (Å²) < 4.78 is 20.6. The number of aromatic nitrogens is 2. The summed E-state index contributed by atoms with van der Waals surface area (Å²) in [7, 11) is 1.70. The smallest absolute Gasteiger partial charge is 0.324 e. The minimum absolute atomic E-state index is 0.103. The van der Waals surface area contributed by atoms with E-state index in [1.165, 1.54) is 5.01 Å². The van der Waals surface area contributed by atoms with Gasteiger partial charge >= 0.3 is 5.97 Å². The van der Waals surface area contributed by atoms with Gasteiger partial charge in [0.1, 0.15) is 12.1 Å². The first-order valence-corrected chi connectivity index (χ1v) is 21.5. The van der Waals surface area contributed by atoms with Crippen molar-refractivity contribution in [1.29, 1.82) is 0 Å². The highest BCUT2D eigenvalue weighted by Gasteiger charge is 2.49. The summed E-state index contributed by atoms with van der Waals surface area (Å²) in [5, 5.41) is 6.54. The molecule has 308 valence electrons. The van der Waals surface area contributed by atoms with Crippen LogP contribution < -0.4 is 10.7 Å². The molecule has 4 aliphatic rings. The number of nitrogens with one attached hydrogen (secondary N) is 2. The lowest BCUT2D eigenvalue weighted by atomic mass is 9.84. The molecule has 2 aromatic heterocycles. The van der Waals surface area contributed by atoms with E-state index in [1.54, 1.807) is 18.9 Å². The van der Waals surface area contributed by atoms with Crippen LogP contribution in [-0.4, -0.2) is 87.7 Å². The average Bonchev–Trinajstić information content (AvgIpc) is 3.45. The third kappa shape index (κ3) is 8.96. The van der Waals surface area contributed by atoms with Gasteiger partial charge in [0.2, 0.25) is 5.91 Å². The predicted octanol–water partition coefficient (Wildman–Crippen LogP) is 6.81. The van der Waals surface area contributed by atoms with Gasteiger partial charge in [-0.3, -0.25) is 29.4 Å². The second-order valence-electron chi connectivity index (χ2n) is 18.2. The van der Waals surface area contributed by atoms with Crippen LogP contribution in [0.4, 0.5) is 0 Å². The lowest BCUT2D eigenvalue weighted by Gasteiger charge is -2.35. The van der Waals surface area contributed by atoms with E-state index < -0.39 is 23.5 Å². The number of methoxy groups -OCH3 is 1. The Bertz CT molecular complexity index is 2030. The molecular formula is C44H60N6O6S. The molecule has 1 unspecified atom stereocenters. The number of carbonyl (C=O) groups excluding carboxylic acids is 3. The summed E-state index contributed by atoms with van der Waals surface area (Å²) in [6.45, 7) is 18.3. The lowest BCUT2D eigenvalue weighted by molar-refractivity contribution is -0.155. The van der Waals surface area contributed by atoms with Crippen LogP contribution >= 0.6 is 11.8 Å². The SMILES string of the molecule is CO[C@@H](C)c1ncccc1-c1c2c3cc(ccc3n1CCOC(C)(C)C)C1CSC(=N1)C[C@H](NC(=O)[C@H]1[C@H](C)[C@@H]1C)C(=O)N1CCC[C@H](N1)C(=O)OCC(C)(C)C2. The molecule has 1 saturated heterocycles. The molecular weight excluding hydrogens is 741 g/mol. The van der Waals surface area contributed by atoms with Crippen LogP contribution in [0.25, 0.3) is 22.2 Å². The van der Waals surface area contributed by atoms with Gasteiger partial charge in [0, 0.05) is 66.4 Å². The molecule has 2 fully saturated rings. The van der Waals surface area contributed by atoms with Gasteiger partial charge in [-0.15, -0.1) is 11.8 Å². The first kappa shape index (κ1) is 41.4. The first-order chi connectivity index (χ1) is 27.0. The van der Waals surface area contributed by atoms with Crippen LogP contribution in [0.2, 0.25) is 0 Å². The number of amides is 2. The van der Waals surface area contributed by atoms with Gasteiger partial charge in [0.05, 0.1) is 47.4 Å². The Balaban J connectivity index is 1.35. The largest absolute Gasteiger partial charge is 0.464 e. The zero-order valence-electron chi connectivity index (χ0n) is 35.0. The molecule has 3 aliphatic heterocycles. The quantitative estimate of drug-likeness (QED) is 0.236. The normalized spacial score (nSPS) is 27.1. The monoisotopic (exact) mass is 800 g/mol. The van der Waals surface area contributed by atoms with Crippen LogP contribution in [-0.2, 0) is 41.6 Å². The van der Waals surface area contributed by atoms with Gasteiger partial charge in [-0.1, -0.05) is 33.8 Å². The molecule has 7 rings (SSSR count). The molecule has 12 nitrogen and oxygen atoms in total. The van der Waals surface area contributed by atoms with Crippen LogP contribution in [0.15, 0.2) is 41.5 Å². The second kappa shape index (κ2) is 16.5. The fourth-order valence-corrected chi connectivity index (χ4v) is 9.66. The van der Waals surface area contributed by atoms with Crippen molar-refractivity contribution >= 4 is 45.5 Å². The van der Waals surface area contributed by atoms with Gasteiger partial charge in [-0.05, 0) is 94.2 Å². The van der Waals surface area contributed by atoms with Crippen LogP contribution in [0, 0.1) is 23.2 Å². The molecule has 5 heterocycles. The number of fused-ring (bicyclic) bond motifs is 5. The van der Waals surface area contributed by atoms with Gasteiger partial charge < -0.3 is 24.1 Å². The fourth-order valence-electron chi connectivity index (χ4n) is 8.55. The molecule has 0 radical (unpaired) electrons. The average molecular weight is 801 g/mol. The maximum absolute atomic E-state index is 14.2. The number of esters is 1. The van der Waals surface area contributed by atoms with Crippen molar-refractivity contribution in [1.82, 2.24) is 25.3 Å². The number of rotatable bonds is 8. The van der Waals surface area contributed by atoms with E-state index in [2.05, 4.69) is 88.0 Å². The number of thioether (sulfide) groups is 1. The zero-order chi connectivity index (χ0) is 40.8. The minimum Gasteiger partial charge on any atom is -0.464 e. The van der Waals surface area contributed by atoms with E-state index in [-0.39, 0.29) is 60.3 Å². The van der Waals surface area contributed by atoms with Crippen molar-refractivity contribution in [3.05, 3.63) is 53.3 Å². The Morgan fingerprint density at radius 2 is 1.95 bits per heavy atom. The number of nitrogens with zero attached hydrogens (tertiary/aromatic N) is 4. The maximum Gasteiger partial charge on any atom is 0.324 e. The number of pyridine rings is 1. The van der Waals surface area contributed by atoms with E-state index in [0.717, 1.165) is 49.8 Å². The highest BCUT2D eigenvalue weighted by atomic mass is 32.2. The molecule has 1 aliphatic carbocycles. The highest BCUT2D eigenvalue weighted by Crippen LogP contribution is 2.46.